The van der Waals surface area contributed by atoms with E-state index in [2.05, 4.69) is 20.8 Å². The summed E-state index contributed by atoms with van der Waals surface area (Å²) in [6.45, 7) is 7.38. The number of rotatable bonds is 2. The molecular formula is C16H27ClO. The Morgan fingerprint density at radius 1 is 1.22 bits per heavy atom. The molecule has 0 aliphatic heterocycles. The van der Waals surface area contributed by atoms with Crippen molar-refractivity contribution in [3.05, 3.63) is 0 Å². The molecule has 0 aromatic heterocycles. The SMILES string of the molecule is CC1(C)CCC[C@]2(C)[C@@H]([C@@H](O)CCl)[C@H]3CC[C@@H]2[C@H]31. The van der Waals surface area contributed by atoms with E-state index >= 15 is 0 Å². The van der Waals surface area contributed by atoms with Crippen molar-refractivity contribution in [2.75, 3.05) is 5.88 Å². The molecule has 0 amide bonds. The molecule has 0 spiro atoms. The standard InChI is InChI=1S/C16H27ClO/c1-15(2)7-4-8-16(3)11-6-5-10(13(11)15)14(16)12(18)9-17/h10-14,18H,4-9H2,1-3H3/t10-,11+,12-,13-,14+,16-/m0/s1. The smallest absolute Gasteiger partial charge is 0.0711 e. The highest BCUT2D eigenvalue weighted by atomic mass is 35.5. The van der Waals surface area contributed by atoms with E-state index in [4.69, 9.17) is 11.6 Å². The molecule has 104 valence electrons. The van der Waals surface area contributed by atoms with E-state index in [9.17, 15) is 5.11 Å². The fraction of sp³-hybridized carbons (Fsp3) is 1.00. The third-order valence-electron chi connectivity index (χ3n) is 6.79. The van der Waals surface area contributed by atoms with Crippen molar-refractivity contribution in [2.45, 2.75) is 59.0 Å². The van der Waals surface area contributed by atoms with Crippen molar-refractivity contribution < 1.29 is 5.11 Å². The molecule has 2 heteroatoms. The molecular weight excluding hydrogens is 244 g/mol. The monoisotopic (exact) mass is 270 g/mol. The highest BCUT2D eigenvalue weighted by Crippen LogP contribution is 2.71. The van der Waals surface area contributed by atoms with Crippen molar-refractivity contribution in [1.29, 1.82) is 0 Å². The first-order valence-corrected chi connectivity index (χ1v) is 8.19. The summed E-state index contributed by atoms with van der Waals surface area (Å²) in [6.07, 6.45) is 6.42. The van der Waals surface area contributed by atoms with Crippen LogP contribution in [0.4, 0.5) is 0 Å². The van der Waals surface area contributed by atoms with Crippen LogP contribution in [0.2, 0.25) is 0 Å². The van der Waals surface area contributed by atoms with Crippen LogP contribution in [0.25, 0.3) is 0 Å². The van der Waals surface area contributed by atoms with E-state index < -0.39 is 0 Å². The van der Waals surface area contributed by atoms with Gasteiger partial charge in [-0.15, -0.1) is 11.6 Å². The van der Waals surface area contributed by atoms with Crippen LogP contribution in [0.15, 0.2) is 0 Å². The van der Waals surface area contributed by atoms with Gasteiger partial charge in [-0.3, -0.25) is 0 Å². The minimum atomic E-state index is -0.289. The lowest BCUT2D eigenvalue weighted by molar-refractivity contribution is -0.0100. The van der Waals surface area contributed by atoms with Crippen molar-refractivity contribution in [3.8, 4) is 0 Å². The van der Waals surface area contributed by atoms with Gasteiger partial charge in [0.2, 0.25) is 0 Å². The zero-order valence-electron chi connectivity index (χ0n) is 12.0. The highest BCUT2D eigenvalue weighted by molar-refractivity contribution is 6.18. The van der Waals surface area contributed by atoms with Crippen LogP contribution in [-0.2, 0) is 0 Å². The maximum atomic E-state index is 10.4. The van der Waals surface area contributed by atoms with Crippen molar-refractivity contribution in [1.82, 2.24) is 0 Å². The Hall–Kier alpha value is 0.250. The van der Waals surface area contributed by atoms with Gasteiger partial charge in [0.25, 0.3) is 0 Å². The Morgan fingerprint density at radius 2 is 1.94 bits per heavy atom. The molecule has 3 rings (SSSR count). The molecule has 3 aliphatic carbocycles. The van der Waals surface area contributed by atoms with E-state index in [1.54, 1.807) is 0 Å². The van der Waals surface area contributed by atoms with Gasteiger partial charge in [-0.05, 0) is 60.2 Å². The third-order valence-corrected chi connectivity index (χ3v) is 7.10. The molecule has 0 radical (unpaired) electrons. The molecule has 0 unspecified atom stereocenters. The maximum absolute atomic E-state index is 10.4. The van der Waals surface area contributed by atoms with E-state index in [0.29, 0.717) is 22.6 Å². The fourth-order valence-electron chi connectivity index (χ4n) is 6.30. The van der Waals surface area contributed by atoms with Crippen LogP contribution in [-0.4, -0.2) is 17.1 Å². The van der Waals surface area contributed by atoms with Gasteiger partial charge in [0, 0.05) is 5.88 Å². The van der Waals surface area contributed by atoms with Gasteiger partial charge < -0.3 is 5.11 Å². The summed E-state index contributed by atoms with van der Waals surface area (Å²) in [7, 11) is 0. The average Bonchev–Trinajstić information content (AvgIpc) is 2.79. The van der Waals surface area contributed by atoms with E-state index in [-0.39, 0.29) is 6.10 Å². The average molecular weight is 271 g/mol. The second kappa shape index (κ2) is 4.12. The quantitative estimate of drug-likeness (QED) is 0.750. The molecule has 0 heterocycles. The Kier molecular flexibility index (Phi) is 3.03. The van der Waals surface area contributed by atoms with Crippen LogP contribution < -0.4 is 0 Å². The third kappa shape index (κ3) is 1.56. The van der Waals surface area contributed by atoms with Crippen LogP contribution in [0.3, 0.4) is 0 Å². The van der Waals surface area contributed by atoms with Crippen molar-refractivity contribution in [2.24, 2.45) is 34.5 Å². The van der Waals surface area contributed by atoms with Gasteiger partial charge in [-0.1, -0.05) is 27.2 Å². The molecule has 0 aromatic rings. The highest BCUT2D eigenvalue weighted by Gasteiger charge is 2.65. The summed E-state index contributed by atoms with van der Waals surface area (Å²) >= 11 is 5.98. The maximum Gasteiger partial charge on any atom is 0.0711 e. The van der Waals surface area contributed by atoms with Gasteiger partial charge in [0.15, 0.2) is 0 Å². The van der Waals surface area contributed by atoms with Crippen molar-refractivity contribution in [3.63, 3.8) is 0 Å². The second-order valence-electron chi connectivity index (χ2n) is 7.97. The van der Waals surface area contributed by atoms with Crippen LogP contribution in [0.5, 0.6) is 0 Å². The van der Waals surface area contributed by atoms with Crippen LogP contribution in [0.1, 0.15) is 52.9 Å². The molecule has 4 bridgehead atoms. The predicted octanol–water partition coefficient (Wildman–Crippen LogP) is 4.07. The zero-order valence-corrected chi connectivity index (χ0v) is 12.7. The summed E-state index contributed by atoms with van der Waals surface area (Å²) in [5.41, 5.74) is 0.819. The lowest BCUT2D eigenvalue weighted by Crippen LogP contribution is -2.42. The minimum Gasteiger partial charge on any atom is -0.392 e. The van der Waals surface area contributed by atoms with Gasteiger partial charge >= 0.3 is 0 Å². The molecule has 1 N–H and O–H groups in total. The molecule has 6 atom stereocenters. The predicted molar refractivity (Wildman–Crippen MR) is 75.7 cm³/mol. The normalized spacial score (nSPS) is 51.2. The lowest BCUT2D eigenvalue weighted by atomic mass is 9.63. The van der Waals surface area contributed by atoms with Crippen molar-refractivity contribution >= 4 is 11.6 Å². The number of halogens is 1. The molecule has 3 saturated carbocycles. The summed E-state index contributed by atoms with van der Waals surface area (Å²) in [5.74, 6) is 3.26. The fourth-order valence-corrected chi connectivity index (χ4v) is 6.49. The summed E-state index contributed by atoms with van der Waals surface area (Å²) in [6, 6.07) is 0. The van der Waals surface area contributed by atoms with Gasteiger partial charge in [0.05, 0.1) is 6.10 Å². The number of hydrogen-bond acceptors (Lipinski definition) is 1. The van der Waals surface area contributed by atoms with Gasteiger partial charge in [-0.25, -0.2) is 0 Å². The summed E-state index contributed by atoms with van der Waals surface area (Å²) < 4.78 is 0. The van der Waals surface area contributed by atoms with Crippen LogP contribution >= 0.6 is 11.6 Å². The first-order valence-electron chi connectivity index (χ1n) is 7.66. The summed E-state index contributed by atoms with van der Waals surface area (Å²) in [5, 5.41) is 10.4. The van der Waals surface area contributed by atoms with Gasteiger partial charge in [-0.2, -0.15) is 0 Å². The largest absolute Gasteiger partial charge is 0.392 e. The Balaban J connectivity index is 2.02. The number of aliphatic hydroxyl groups is 1. The van der Waals surface area contributed by atoms with E-state index in [1.807, 2.05) is 0 Å². The molecule has 3 fully saturated rings. The minimum absolute atomic E-state index is 0.289. The lowest BCUT2D eigenvalue weighted by Gasteiger charge is -2.43. The Morgan fingerprint density at radius 3 is 2.61 bits per heavy atom. The van der Waals surface area contributed by atoms with Gasteiger partial charge in [0.1, 0.15) is 0 Å². The topological polar surface area (TPSA) is 20.2 Å². The number of aliphatic hydroxyl groups excluding tert-OH is 1. The van der Waals surface area contributed by atoms with Crippen LogP contribution in [0, 0.1) is 34.5 Å². The Labute approximate surface area is 116 Å². The van der Waals surface area contributed by atoms with E-state index in [1.165, 1.54) is 32.1 Å². The Bertz CT molecular complexity index is 340. The second-order valence-corrected chi connectivity index (χ2v) is 8.28. The first-order chi connectivity index (χ1) is 8.42. The zero-order chi connectivity index (χ0) is 13.1. The molecule has 1 nitrogen and oxygen atoms in total. The molecule has 3 aliphatic rings. The number of alkyl halides is 1. The first kappa shape index (κ1) is 13.2. The molecule has 18 heavy (non-hydrogen) atoms. The number of hydrogen-bond donors (Lipinski definition) is 1. The summed E-state index contributed by atoms with van der Waals surface area (Å²) in [4.78, 5) is 0. The molecule has 0 aromatic carbocycles. The molecule has 0 saturated heterocycles. The van der Waals surface area contributed by atoms with E-state index in [0.717, 1.165) is 17.8 Å².